The van der Waals surface area contributed by atoms with Gasteiger partial charge in [0.25, 0.3) is 0 Å². The Morgan fingerprint density at radius 1 is 0.763 bits per heavy atom. The summed E-state index contributed by atoms with van der Waals surface area (Å²) in [5, 5.41) is 0. The van der Waals surface area contributed by atoms with E-state index in [2.05, 4.69) is 0 Å². The Labute approximate surface area is 228 Å². The molecule has 0 N–H and O–H groups in total. The molecule has 0 aromatic heterocycles. The number of hydrogen-bond acceptors (Lipinski definition) is 4. The fourth-order valence-corrected chi connectivity index (χ4v) is 3.90. The van der Waals surface area contributed by atoms with Crippen molar-refractivity contribution in [3.8, 4) is 11.5 Å². The first-order chi connectivity index (χ1) is 18.7. The standard InChI is InChI=1S/C28H22O4.3C2H6/c29-28-18-26(21-9-3-1-4-10-21)25-15-14-23(17-27(25)32-28)30-19-20-8-7-13-24(16-20)31-22-11-5-2-6-12-22;3*1-2/h1-18,25,27H,19H2;3*1-2H3. The first-order valence-corrected chi connectivity index (χ1v) is 13.6. The molecule has 200 valence electrons. The maximum Gasteiger partial charge on any atom is 0.331 e. The number of fused-ring (bicyclic) bond motifs is 1. The Balaban J connectivity index is 0.000000791. The molecule has 1 heterocycles. The van der Waals surface area contributed by atoms with E-state index in [0.29, 0.717) is 12.4 Å². The minimum absolute atomic E-state index is 0.0231. The first kappa shape index (κ1) is 30.2. The van der Waals surface area contributed by atoms with Gasteiger partial charge < -0.3 is 14.2 Å². The lowest BCUT2D eigenvalue weighted by atomic mass is 9.83. The third-order valence-corrected chi connectivity index (χ3v) is 5.42. The van der Waals surface area contributed by atoms with Crippen molar-refractivity contribution in [1.29, 1.82) is 0 Å². The van der Waals surface area contributed by atoms with E-state index in [1.165, 1.54) is 0 Å². The van der Waals surface area contributed by atoms with Gasteiger partial charge >= 0.3 is 5.97 Å². The van der Waals surface area contributed by atoms with Crippen molar-refractivity contribution in [1.82, 2.24) is 0 Å². The van der Waals surface area contributed by atoms with Crippen molar-refractivity contribution >= 4 is 11.5 Å². The molecule has 4 heteroatoms. The zero-order valence-electron chi connectivity index (χ0n) is 23.4. The highest BCUT2D eigenvalue weighted by molar-refractivity contribution is 5.94. The van der Waals surface area contributed by atoms with Crippen LogP contribution in [0.15, 0.2) is 115 Å². The van der Waals surface area contributed by atoms with E-state index < -0.39 is 0 Å². The molecule has 0 amide bonds. The number of benzene rings is 3. The third kappa shape index (κ3) is 8.52. The molecule has 0 radical (unpaired) electrons. The summed E-state index contributed by atoms with van der Waals surface area (Å²) in [5.74, 6) is 1.87. The second kappa shape index (κ2) is 16.6. The summed E-state index contributed by atoms with van der Waals surface area (Å²) < 4.78 is 17.5. The second-order valence-corrected chi connectivity index (χ2v) is 7.67. The minimum atomic E-state index is -0.379. The molecule has 3 aromatic carbocycles. The van der Waals surface area contributed by atoms with Crippen molar-refractivity contribution in [3.05, 3.63) is 126 Å². The molecule has 2 atom stereocenters. The third-order valence-electron chi connectivity index (χ3n) is 5.42. The Kier molecular flexibility index (Phi) is 13.2. The van der Waals surface area contributed by atoms with Crippen molar-refractivity contribution in [2.75, 3.05) is 0 Å². The molecule has 1 aliphatic heterocycles. The average Bonchev–Trinajstić information content (AvgIpc) is 3.00. The SMILES string of the molecule is CC.CC.CC.O=C1C=C(c2ccccc2)C2C=CC(OCc3cccc(Oc4ccccc4)c3)=CC2O1. The van der Waals surface area contributed by atoms with Crippen LogP contribution < -0.4 is 4.74 Å². The molecule has 0 bridgehead atoms. The van der Waals surface area contributed by atoms with Gasteiger partial charge in [-0.1, -0.05) is 108 Å². The number of allylic oxidation sites excluding steroid dienone is 1. The van der Waals surface area contributed by atoms with Gasteiger partial charge in [-0.25, -0.2) is 4.79 Å². The molecule has 0 fully saturated rings. The maximum absolute atomic E-state index is 12.2. The summed E-state index contributed by atoms with van der Waals surface area (Å²) in [4.78, 5) is 12.2. The van der Waals surface area contributed by atoms with Crippen LogP contribution in [0, 0.1) is 5.92 Å². The summed E-state index contributed by atoms with van der Waals surface area (Å²) in [5.41, 5.74) is 2.97. The highest BCUT2D eigenvalue weighted by Gasteiger charge is 2.32. The number of ether oxygens (including phenoxy) is 3. The fourth-order valence-electron chi connectivity index (χ4n) is 3.90. The summed E-state index contributed by atoms with van der Waals surface area (Å²) in [6.45, 7) is 12.4. The highest BCUT2D eigenvalue weighted by atomic mass is 16.5. The van der Waals surface area contributed by atoms with E-state index in [1.54, 1.807) is 6.08 Å². The van der Waals surface area contributed by atoms with Gasteiger partial charge in [-0.05, 0) is 53.1 Å². The second-order valence-electron chi connectivity index (χ2n) is 7.67. The Bertz CT molecular complexity index is 1190. The minimum Gasteiger partial charge on any atom is -0.489 e. The van der Waals surface area contributed by atoms with Crippen LogP contribution in [0.1, 0.15) is 52.7 Å². The summed E-state index contributed by atoms with van der Waals surface area (Å²) >= 11 is 0. The van der Waals surface area contributed by atoms with Gasteiger partial charge in [-0.2, -0.15) is 0 Å². The van der Waals surface area contributed by atoms with E-state index in [1.807, 2.05) is 145 Å². The van der Waals surface area contributed by atoms with Crippen molar-refractivity contribution in [2.45, 2.75) is 54.3 Å². The summed E-state index contributed by atoms with van der Waals surface area (Å²) in [6, 6.07) is 27.4. The molecule has 0 spiro atoms. The van der Waals surface area contributed by atoms with E-state index in [9.17, 15) is 4.79 Å². The van der Waals surface area contributed by atoms with Crippen molar-refractivity contribution in [2.24, 2.45) is 5.92 Å². The van der Waals surface area contributed by atoms with Crippen LogP contribution in [0.3, 0.4) is 0 Å². The lowest BCUT2D eigenvalue weighted by Gasteiger charge is -2.31. The Morgan fingerprint density at radius 3 is 2.08 bits per heavy atom. The summed E-state index contributed by atoms with van der Waals surface area (Å²) in [6.07, 6.45) is 7.07. The molecule has 4 nitrogen and oxygen atoms in total. The number of rotatable bonds is 6. The fraction of sp³-hybridized carbons (Fsp3) is 0.265. The highest BCUT2D eigenvalue weighted by Crippen LogP contribution is 2.36. The van der Waals surface area contributed by atoms with E-state index >= 15 is 0 Å². The number of esters is 1. The monoisotopic (exact) mass is 512 g/mol. The van der Waals surface area contributed by atoms with Gasteiger partial charge in [-0.3, -0.25) is 0 Å². The van der Waals surface area contributed by atoms with Gasteiger partial charge in [0.2, 0.25) is 0 Å². The molecule has 1 aliphatic carbocycles. The lowest BCUT2D eigenvalue weighted by molar-refractivity contribution is -0.142. The zero-order chi connectivity index (χ0) is 27.8. The maximum atomic E-state index is 12.2. The lowest BCUT2D eigenvalue weighted by Crippen LogP contribution is -2.31. The number of carbonyl (C=O) groups is 1. The van der Waals surface area contributed by atoms with Gasteiger partial charge in [0, 0.05) is 12.0 Å². The smallest absolute Gasteiger partial charge is 0.331 e. The van der Waals surface area contributed by atoms with Crippen LogP contribution in [0.4, 0.5) is 0 Å². The van der Waals surface area contributed by atoms with Crippen LogP contribution in [0.5, 0.6) is 11.5 Å². The molecule has 38 heavy (non-hydrogen) atoms. The molecule has 3 aromatic rings. The van der Waals surface area contributed by atoms with Crippen LogP contribution in [0.2, 0.25) is 0 Å². The largest absolute Gasteiger partial charge is 0.489 e. The van der Waals surface area contributed by atoms with Crippen molar-refractivity contribution in [3.63, 3.8) is 0 Å². The van der Waals surface area contributed by atoms with Crippen LogP contribution >= 0.6 is 0 Å². The van der Waals surface area contributed by atoms with Crippen LogP contribution in [0.25, 0.3) is 5.57 Å². The average molecular weight is 513 g/mol. The molecule has 2 unspecified atom stereocenters. The van der Waals surface area contributed by atoms with Gasteiger partial charge in [0.05, 0.1) is 0 Å². The van der Waals surface area contributed by atoms with Crippen LogP contribution in [-0.4, -0.2) is 12.1 Å². The topological polar surface area (TPSA) is 44.8 Å². The molecule has 5 rings (SSSR count). The molecule has 0 saturated carbocycles. The molecular formula is C34H40O4. The molecule has 0 saturated heterocycles. The van der Waals surface area contributed by atoms with E-state index in [0.717, 1.165) is 28.2 Å². The van der Waals surface area contributed by atoms with Crippen molar-refractivity contribution < 1.29 is 19.0 Å². The molecule has 2 aliphatic rings. The number of hydrogen-bond donors (Lipinski definition) is 0. The van der Waals surface area contributed by atoms with Gasteiger partial charge in [0.15, 0.2) is 0 Å². The zero-order valence-corrected chi connectivity index (χ0v) is 23.4. The Hall–Kier alpha value is -4.05. The predicted molar refractivity (Wildman–Crippen MR) is 157 cm³/mol. The van der Waals surface area contributed by atoms with E-state index in [-0.39, 0.29) is 18.0 Å². The quantitative estimate of drug-likeness (QED) is 0.309. The van der Waals surface area contributed by atoms with Gasteiger partial charge in [0.1, 0.15) is 30.0 Å². The molecular weight excluding hydrogens is 472 g/mol. The Morgan fingerprint density at radius 2 is 1.39 bits per heavy atom. The van der Waals surface area contributed by atoms with Crippen LogP contribution in [-0.2, 0) is 20.9 Å². The van der Waals surface area contributed by atoms with E-state index in [4.69, 9.17) is 14.2 Å². The number of para-hydroxylation sites is 1. The normalized spacial score (nSPS) is 16.7. The van der Waals surface area contributed by atoms with Gasteiger partial charge in [-0.15, -0.1) is 0 Å². The predicted octanol–water partition coefficient (Wildman–Crippen LogP) is 9.15. The number of carbonyl (C=O) groups excluding carboxylic acids is 1. The first-order valence-electron chi connectivity index (χ1n) is 13.6. The summed E-state index contributed by atoms with van der Waals surface area (Å²) in [7, 11) is 0.